The Kier molecular flexibility index (Phi) is 5.20. The van der Waals surface area contributed by atoms with E-state index in [0.717, 1.165) is 27.8 Å². The number of hydrazone groups is 1. The Labute approximate surface area is 135 Å². The van der Waals surface area contributed by atoms with E-state index in [1.807, 2.05) is 13.8 Å². The van der Waals surface area contributed by atoms with Crippen molar-refractivity contribution >= 4 is 17.8 Å². The molecule has 0 bridgehead atoms. The molecule has 0 aromatic heterocycles. The average molecular weight is 318 g/mol. The van der Waals surface area contributed by atoms with Gasteiger partial charge in [-0.1, -0.05) is 5.16 Å². The van der Waals surface area contributed by atoms with Crippen molar-refractivity contribution in [3.63, 3.8) is 0 Å². The molecule has 1 aromatic rings. The highest BCUT2D eigenvalue weighted by molar-refractivity contribution is 6.46. The van der Waals surface area contributed by atoms with E-state index in [0.29, 0.717) is 18.9 Å². The normalized spacial score (nSPS) is 15.2. The smallest absolute Gasteiger partial charge is 0.280 e. The van der Waals surface area contributed by atoms with Crippen LogP contribution in [-0.2, 0) is 14.4 Å². The molecule has 0 unspecified atom stereocenters. The van der Waals surface area contributed by atoms with Crippen LogP contribution in [0, 0.1) is 27.7 Å². The lowest BCUT2D eigenvalue weighted by molar-refractivity contribution is 0.0672. The minimum absolute atomic E-state index is 0.288. The first kappa shape index (κ1) is 16.8. The Hall–Kier alpha value is -2.57. The van der Waals surface area contributed by atoms with E-state index in [4.69, 9.17) is 20.3 Å². The molecule has 1 aromatic carbocycles. The Balaban J connectivity index is 2.77. The summed E-state index contributed by atoms with van der Waals surface area (Å²) in [5.74, 6) is 5.69. The van der Waals surface area contributed by atoms with Gasteiger partial charge in [0.2, 0.25) is 0 Å². The van der Waals surface area contributed by atoms with E-state index in [1.54, 1.807) is 6.21 Å². The first-order chi connectivity index (χ1) is 11.0. The topological polar surface area (TPSA) is 90.8 Å². The summed E-state index contributed by atoms with van der Waals surface area (Å²) in [6.45, 7) is 8.98. The first-order valence-corrected chi connectivity index (χ1v) is 7.31. The van der Waals surface area contributed by atoms with Crippen LogP contribution in [0.3, 0.4) is 0 Å². The van der Waals surface area contributed by atoms with Crippen LogP contribution in [0.4, 0.5) is 0 Å². The van der Waals surface area contributed by atoms with Gasteiger partial charge in [-0.2, -0.15) is 5.10 Å². The minimum atomic E-state index is 0.288. The van der Waals surface area contributed by atoms with E-state index >= 15 is 0 Å². The van der Waals surface area contributed by atoms with Crippen molar-refractivity contribution in [3.05, 3.63) is 33.4 Å². The fraction of sp³-hybridized carbons (Fsp3) is 0.438. The van der Waals surface area contributed by atoms with Gasteiger partial charge in [-0.25, -0.2) is 0 Å². The summed E-state index contributed by atoms with van der Waals surface area (Å²) in [5.41, 5.74) is 6.60. The van der Waals surface area contributed by atoms with Crippen molar-refractivity contribution in [2.75, 3.05) is 20.3 Å². The molecule has 0 saturated heterocycles. The molecule has 2 rings (SSSR count). The summed E-state index contributed by atoms with van der Waals surface area (Å²) >= 11 is 0. The molecule has 0 atom stereocenters. The van der Waals surface area contributed by atoms with Gasteiger partial charge in [0.05, 0.1) is 6.21 Å². The summed E-state index contributed by atoms with van der Waals surface area (Å²) in [7, 11) is 1.48. The maximum Gasteiger partial charge on any atom is 0.280 e. The van der Waals surface area contributed by atoms with Crippen LogP contribution in [0.15, 0.2) is 15.4 Å². The molecule has 23 heavy (non-hydrogen) atoms. The molecular weight excluding hydrogens is 296 g/mol. The molecule has 1 aliphatic heterocycles. The maximum atomic E-state index is 5.58. The van der Waals surface area contributed by atoms with Gasteiger partial charge >= 0.3 is 0 Å². The summed E-state index contributed by atoms with van der Waals surface area (Å²) in [4.78, 5) is 10.1. The quantitative estimate of drug-likeness (QED) is 0.521. The maximum absolute atomic E-state index is 5.58. The number of hydrogen-bond acceptors (Lipinski definition) is 7. The van der Waals surface area contributed by atoms with E-state index in [1.165, 1.54) is 12.7 Å². The van der Waals surface area contributed by atoms with Crippen LogP contribution in [0.25, 0.3) is 0 Å². The van der Waals surface area contributed by atoms with Gasteiger partial charge in [-0.15, -0.1) is 0 Å². The zero-order valence-electron chi connectivity index (χ0n) is 14.1. The van der Waals surface area contributed by atoms with Crippen molar-refractivity contribution in [3.8, 4) is 0 Å². The second kappa shape index (κ2) is 7.13. The fourth-order valence-electron chi connectivity index (χ4n) is 2.58. The number of ether oxygens (including phenoxy) is 1. The number of nitrogens with zero attached hydrogens (tertiary/aromatic N) is 3. The molecule has 0 radical (unpaired) electrons. The van der Waals surface area contributed by atoms with E-state index in [9.17, 15) is 0 Å². The lowest BCUT2D eigenvalue weighted by Gasteiger charge is -2.21. The lowest BCUT2D eigenvalue weighted by atomic mass is 9.87. The zero-order chi connectivity index (χ0) is 17.0. The van der Waals surface area contributed by atoms with Gasteiger partial charge in [0.15, 0.2) is 12.3 Å². The second-order valence-electron chi connectivity index (χ2n) is 5.27. The molecule has 0 aliphatic carbocycles. The van der Waals surface area contributed by atoms with Crippen molar-refractivity contribution in [2.24, 2.45) is 21.3 Å². The highest BCUT2D eigenvalue weighted by atomic mass is 16.7. The molecular formula is C16H22N4O3. The largest absolute Gasteiger partial charge is 0.470 e. The van der Waals surface area contributed by atoms with Gasteiger partial charge in [0, 0.05) is 11.1 Å². The van der Waals surface area contributed by atoms with Crippen LogP contribution in [0.2, 0.25) is 0 Å². The molecule has 0 fully saturated rings. The molecule has 1 heterocycles. The zero-order valence-corrected chi connectivity index (χ0v) is 14.1. The third-order valence-corrected chi connectivity index (χ3v) is 4.12. The molecule has 2 N–H and O–H groups in total. The number of benzene rings is 1. The predicted molar refractivity (Wildman–Crippen MR) is 90.1 cm³/mol. The number of nitrogens with two attached hydrogens (primary N) is 1. The standard InChI is InChI=1S/C16H22N4O3/c1-9-10(2)12(4)14(13(8-18-17)11(9)3)15(19-21-5)16-20-23-7-6-22-16/h8H,6-7,17H2,1-5H3. The molecule has 124 valence electrons. The average Bonchev–Trinajstić information content (AvgIpc) is 2.57. The number of hydrogen-bond donors (Lipinski definition) is 1. The molecule has 0 spiro atoms. The summed E-state index contributed by atoms with van der Waals surface area (Å²) in [6, 6.07) is 0. The summed E-state index contributed by atoms with van der Waals surface area (Å²) < 4.78 is 5.58. The van der Waals surface area contributed by atoms with Crippen LogP contribution in [0.1, 0.15) is 33.4 Å². The Morgan fingerprint density at radius 3 is 2.39 bits per heavy atom. The Morgan fingerprint density at radius 2 is 1.83 bits per heavy atom. The van der Waals surface area contributed by atoms with Crippen molar-refractivity contribution < 1.29 is 14.4 Å². The van der Waals surface area contributed by atoms with Crippen LogP contribution in [0.5, 0.6) is 0 Å². The van der Waals surface area contributed by atoms with E-state index in [-0.39, 0.29) is 5.90 Å². The fourth-order valence-corrected chi connectivity index (χ4v) is 2.58. The monoisotopic (exact) mass is 318 g/mol. The van der Waals surface area contributed by atoms with Crippen LogP contribution >= 0.6 is 0 Å². The first-order valence-electron chi connectivity index (χ1n) is 7.31. The molecule has 7 nitrogen and oxygen atoms in total. The second-order valence-corrected chi connectivity index (χ2v) is 5.27. The van der Waals surface area contributed by atoms with Crippen LogP contribution in [-0.4, -0.2) is 38.1 Å². The lowest BCUT2D eigenvalue weighted by Crippen LogP contribution is -2.28. The summed E-state index contributed by atoms with van der Waals surface area (Å²) in [6.07, 6.45) is 1.61. The third-order valence-electron chi connectivity index (χ3n) is 4.12. The van der Waals surface area contributed by atoms with Gasteiger partial charge in [0.25, 0.3) is 5.90 Å². The SMILES string of the molecule is CON=C(C1=NOCCO1)c1c(C)c(C)c(C)c(C)c1C=NN. The molecule has 0 saturated carbocycles. The highest BCUT2D eigenvalue weighted by Crippen LogP contribution is 2.27. The van der Waals surface area contributed by atoms with E-state index in [2.05, 4.69) is 29.3 Å². The Bertz CT molecular complexity index is 693. The van der Waals surface area contributed by atoms with Gasteiger partial charge in [-0.3, -0.25) is 0 Å². The van der Waals surface area contributed by atoms with Crippen molar-refractivity contribution in [1.82, 2.24) is 0 Å². The third kappa shape index (κ3) is 3.13. The van der Waals surface area contributed by atoms with Crippen LogP contribution < -0.4 is 5.84 Å². The molecule has 1 aliphatic rings. The minimum Gasteiger partial charge on any atom is -0.470 e. The van der Waals surface area contributed by atoms with Gasteiger partial charge in [0.1, 0.15) is 13.7 Å². The number of oxime groups is 2. The molecule has 7 heteroatoms. The Morgan fingerprint density at radius 1 is 1.13 bits per heavy atom. The predicted octanol–water partition coefficient (Wildman–Crippen LogP) is 1.92. The van der Waals surface area contributed by atoms with Crippen molar-refractivity contribution in [1.29, 1.82) is 0 Å². The summed E-state index contributed by atoms with van der Waals surface area (Å²) in [5, 5.41) is 11.8. The van der Waals surface area contributed by atoms with E-state index < -0.39 is 0 Å². The number of rotatable bonds is 4. The van der Waals surface area contributed by atoms with Gasteiger partial charge in [-0.05, 0) is 55.1 Å². The highest BCUT2D eigenvalue weighted by Gasteiger charge is 2.25. The molecule has 0 amide bonds. The van der Waals surface area contributed by atoms with Gasteiger partial charge < -0.3 is 20.3 Å². The van der Waals surface area contributed by atoms with Crippen molar-refractivity contribution in [2.45, 2.75) is 27.7 Å².